The Labute approximate surface area is 114 Å². The summed E-state index contributed by atoms with van der Waals surface area (Å²) in [7, 11) is 0. The number of hydrogen-bond donors (Lipinski definition) is 1. The minimum atomic E-state index is 0.453. The van der Waals surface area contributed by atoms with Crippen LogP contribution in [-0.2, 0) is 19.5 Å². The maximum atomic E-state index is 4.31. The summed E-state index contributed by atoms with van der Waals surface area (Å²) < 4.78 is 1.95. The average molecular weight is 258 g/mol. The molecule has 1 heterocycles. The van der Waals surface area contributed by atoms with Crippen molar-refractivity contribution in [2.75, 3.05) is 0 Å². The van der Waals surface area contributed by atoms with E-state index < -0.39 is 0 Å². The lowest BCUT2D eigenvalue weighted by molar-refractivity contribution is 0.539. The molecule has 19 heavy (non-hydrogen) atoms. The van der Waals surface area contributed by atoms with Crippen LogP contribution in [0.4, 0.5) is 0 Å². The summed E-state index contributed by atoms with van der Waals surface area (Å²) in [6, 6.07) is 9.14. The Hall–Kier alpha value is -1.68. The van der Waals surface area contributed by atoms with E-state index in [9.17, 15) is 0 Å². The van der Waals surface area contributed by atoms with Gasteiger partial charge in [-0.15, -0.1) is 0 Å². The molecule has 0 saturated heterocycles. The zero-order chi connectivity index (χ0) is 13.7. The summed E-state index contributed by atoms with van der Waals surface area (Å²) in [6.07, 6.45) is 2.70. The van der Waals surface area contributed by atoms with Crippen molar-refractivity contribution in [3.63, 3.8) is 0 Å². The van der Waals surface area contributed by atoms with Crippen LogP contribution in [0.5, 0.6) is 0 Å². The summed E-state index contributed by atoms with van der Waals surface area (Å²) in [5, 5.41) is 7.67. The van der Waals surface area contributed by atoms with E-state index in [0.29, 0.717) is 6.04 Å². The molecule has 0 atom stereocenters. The summed E-state index contributed by atoms with van der Waals surface area (Å²) in [5.41, 5.74) is 2.62. The van der Waals surface area contributed by atoms with E-state index in [1.54, 1.807) is 6.33 Å². The third kappa shape index (κ3) is 3.89. The van der Waals surface area contributed by atoms with Gasteiger partial charge in [0.25, 0.3) is 0 Å². The standard InChI is InChI=1S/C15H22N4/c1-4-13-5-7-14(8-6-13)10-19-15(17-11-18-19)9-16-12(2)3/h5-8,11-12,16H,4,9-10H2,1-3H3. The number of benzene rings is 1. The molecule has 0 aliphatic heterocycles. The molecule has 0 fully saturated rings. The van der Waals surface area contributed by atoms with Crippen LogP contribution in [0.15, 0.2) is 30.6 Å². The molecule has 1 aromatic heterocycles. The SMILES string of the molecule is CCc1ccc(Cn2ncnc2CNC(C)C)cc1. The van der Waals surface area contributed by atoms with Crippen LogP contribution in [0, 0.1) is 0 Å². The lowest BCUT2D eigenvalue weighted by Crippen LogP contribution is -2.24. The first-order chi connectivity index (χ1) is 9.19. The van der Waals surface area contributed by atoms with Crippen LogP contribution in [-0.4, -0.2) is 20.8 Å². The first-order valence-electron chi connectivity index (χ1n) is 6.87. The first-order valence-corrected chi connectivity index (χ1v) is 6.87. The lowest BCUT2D eigenvalue weighted by Gasteiger charge is -2.09. The molecule has 0 bridgehead atoms. The van der Waals surface area contributed by atoms with Gasteiger partial charge in [-0.3, -0.25) is 0 Å². The fourth-order valence-electron chi connectivity index (χ4n) is 1.91. The van der Waals surface area contributed by atoms with Crippen LogP contribution in [0.1, 0.15) is 37.7 Å². The Morgan fingerprint density at radius 3 is 2.47 bits per heavy atom. The van der Waals surface area contributed by atoms with Gasteiger partial charge in [0.2, 0.25) is 0 Å². The van der Waals surface area contributed by atoms with Crippen LogP contribution >= 0.6 is 0 Å². The van der Waals surface area contributed by atoms with E-state index in [1.165, 1.54) is 11.1 Å². The van der Waals surface area contributed by atoms with Crippen molar-refractivity contribution in [2.45, 2.75) is 46.3 Å². The van der Waals surface area contributed by atoms with Gasteiger partial charge in [0.1, 0.15) is 12.2 Å². The van der Waals surface area contributed by atoms with Gasteiger partial charge in [-0.05, 0) is 17.5 Å². The monoisotopic (exact) mass is 258 g/mol. The van der Waals surface area contributed by atoms with Gasteiger partial charge < -0.3 is 5.32 Å². The number of aromatic nitrogens is 3. The predicted octanol–water partition coefficient (Wildman–Crippen LogP) is 2.39. The van der Waals surface area contributed by atoms with E-state index in [-0.39, 0.29) is 0 Å². The highest BCUT2D eigenvalue weighted by Crippen LogP contribution is 2.07. The maximum absolute atomic E-state index is 4.31. The van der Waals surface area contributed by atoms with E-state index in [2.05, 4.69) is 60.4 Å². The van der Waals surface area contributed by atoms with Gasteiger partial charge in [0.05, 0.1) is 13.1 Å². The zero-order valence-electron chi connectivity index (χ0n) is 11.9. The Morgan fingerprint density at radius 1 is 1.16 bits per heavy atom. The van der Waals surface area contributed by atoms with Crippen molar-refractivity contribution < 1.29 is 0 Å². The van der Waals surface area contributed by atoms with Gasteiger partial charge in [-0.1, -0.05) is 45.0 Å². The zero-order valence-corrected chi connectivity index (χ0v) is 11.9. The van der Waals surface area contributed by atoms with Crippen molar-refractivity contribution >= 4 is 0 Å². The molecule has 0 amide bonds. The Balaban J connectivity index is 2.03. The summed E-state index contributed by atoms with van der Waals surface area (Å²) in [6.45, 7) is 7.96. The summed E-state index contributed by atoms with van der Waals surface area (Å²) in [5.74, 6) is 0.980. The van der Waals surface area contributed by atoms with Crippen LogP contribution in [0.25, 0.3) is 0 Å². The molecule has 102 valence electrons. The largest absolute Gasteiger partial charge is 0.308 e. The smallest absolute Gasteiger partial charge is 0.141 e. The van der Waals surface area contributed by atoms with Crippen molar-refractivity contribution in [2.24, 2.45) is 0 Å². The Bertz CT molecular complexity index is 499. The maximum Gasteiger partial charge on any atom is 0.141 e. The molecule has 4 heteroatoms. The van der Waals surface area contributed by atoms with Gasteiger partial charge in [0, 0.05) is 6.04 Å². The molecule has 1 aromatic carbocycles. The molecule has 2 aromatic rings. The quantitative estimate of drug-likeness (QED) is 0.865. The highest BCUT2D eigenvalue weighted by Gasteiger charge is 2.05. The molecule has 0 spiro atoms. The second-order valence-corrected chi connectivity index (χ2v) is 5.04. The second kappa shape index (κ2) is 6.48. The van der Waals surface area contributed by atoms with E-state index >= 15 is 0 Å². The number of rotatable bonds is 6. The van der Waals surface area contributed by atoms with Crippen LogP contribution in [0.2, 0.25) is 0 Å². The molecule has 2 rings (SSSR count). The van der Waals surface area contributed by atoms with Crippen molar-refractivity contribution in [3.05, 3.63) is 47.5 Å². The van der Waals surface area contributed by atoms with E-state index in [4.69, 9.17) is 0 Å². The van der Waals surface area contributed by atoms with Crippen molar-refractivity contribution in [3.8, 4) is 0 Å². The molecule has 0 radical (unpaired) electrons. The molecular formula is C15H22N4. The first kappa shape index (κ1) is 13.7. The minimum Gasteiger partial charge on any atom is -0.308 e. The van der Waals surface area contributed by atoms with Gasteiger partial charge in [-0.25, -0.2) is 9.67 Å². The summed E-state index contributed by atoms with van der Waals surface area (Å²) in [4.78, 5) is 4.31. The number of hydrogen-bond acceptors (Lipinski definition) is 3. The Kier molecular flexibility index (Phi) is 4.68. The van der Waals surface area contributed by atoms with Crippen LogP contribution in [0.3, 0.4) is 0 Å². The number of nitrogens with zero attached hydrogens (tertiary/aromatic N) is 3. The molecular weight excluding hydrogens is 236 g/mol. The van der Waals surface area contributed by atoms with Gasteiger partial charge >= 0.3 is 0 Å². The van der Waals surface area contributed by atoms with E-state index in [1.807, 2.05) is 4.68 Å². The lowest BCUT2D eigenvalue weighted by atomic mass is 10.1. The highest BCUT2D eigenvalue weighted by atomic mass is 15.3. The van der Waals surface area contributed by atoms with Gasteiger partial charge in [-0.2, -0.15) is 5.10 Å². The van der Waals surface area contributed by atoms with E-state index in [0.717, 1.165) is 25.3 Å². The molecule has 0 aliphatic rings. The summed E-state index contributed by atoms with van der Waals surface area (Å²) >= 11 is 0. The highest BCUT2D eigenvalue weighted by molar-refractivity contribution is 5.22. The van der Waals surface area contributed by atoms with Crippen LogP contribution < -0.4 is 5.32 Å². The molecule has 1 N–H and O–H groups in total. The second-order valence-electron chi connectivity index (χ2n) is 5.04. The molecule has 0 aliphatic carbocycles. The Morgan fingerprint density at radius 2 is 1.84 bits per heavy atom. The third-order valence-electron chi connectivity index (χ3n) is 3.13. The number of nitrogens with one attached hydrogen (secondary N) is 1. The normalized spacial score (nSPS) is 11.2. The minimum absolute atomic E-state index is 0.453. The average Bonchev–Trinajstić information content (AvgIpc) is 2.84. The van der Waals surface area contributed by atoms with Crippen molar-refractivity contribution in [1.82, 2.24) is 20.1 Å². The predicted molar refractivity (Wildman–Crippen MR) is 76.9 cm³/mol. The molecule has 0 saturated carbocycles. The van der Waals surface area contributed by atoms with Gasteiger partial charge in [0.15, 0.2) is 0 Å². The van der Waals surface area contributed by atoms with Crippen molar-refractivity contribution in [1.29, 1.82) is 0 Å². The molecule has 4 nitrogen and oxygen atoms in total. The number of aryl methyl sites for hydroxylation is 1. The topological polar surface area (TPSA) is 42.7 Å². The fraction of sp³-hybridized carbons (Fsp3) is 0.467. The molecule has 0 unspecified atom stereocenters. The third-order valence-corrected chi connectivity index (χ3v) is 3.13. The fourth-order valence-corrected chi connectivity index (χ4v) is 1.91.